The van der Waals surface area contributed by atoms with E-state index in [1.165, 1.54) is 6.07 Å². The maximum atomic E-state index is 12.7. The number of halogens is 5. The molecule has 1 aliphatic heterocycles. The molecule has 1 atom stereocenters. The number of rotatable bonds is 3. The molecule has 1 amide bonds. The molecule has 0 bridgehead atoms. The van der Waals surface area contributed by atoms with E-state index in [4.69, 9.17) is 23.2 Å². The number of benzene rings is 1. The third-order valence-electron chi connectivity index (χ3n) is 2.76. The first-order valence-corrected chi connectivity index (χ1v) is 7.70. The first-order chi connectivity index (χ1) is 9.40. The summed E-state index contributed by atoms with van der Waals surface area (Å²) in [4.78, 5) is 13.1. The van der Waals surface area contributed by atoms with E-state index in [-0.39, 0.29) is 42.5 Å². The Balaban J connectivity index is 0.00000220. The molecule has 1 aromatic rings. The summed E-state index contributed by atoms with van der Waals surface area (Å²) in [5, 5.41) is 0.743. The standard InChI is InChI=1S/C13H9Cl2F2INO.Y/c14-7-1-2-8(9(15)5-7)11-4-3-10(18)13(20)19(11)6-12(16)17;/h1-2,5,10,12H,3,6H2;/q-1;. The molecule has 0 spiro atoms. The molecule has 1 unspecified atom stereocenters. The summed E-state index contributed by atoms with van der Waals surface area (Å²) in [5.74, 6) is -0.356. The second-order valence-electron chi connectivity index (χ2n) is 4.16. The van der Waals surface area contributed by atoms with Gasteiger partial charge in [0.25, 0.3) is 6.43 Å². The molecular formula is C13H9Cl2F2INOY-. The minimum Gasteiger partial charge on any atom is -0.341 e. The first-order valence-electron chi connectivity index (χ1n) is 5.70. The Morgan fingerprint density at radius 1 is 1.43 bits per heavy atom. The van der Waals surface area contributed by atoms with Gasteiger partial charge in [0.05, 0.1) is 10.5 Å². The fraction of sp³-hybridized carbons (Fsp3) is 0.308. The molecule has 1 radical (unpaired) electrons. The van der Waals surface area contributed by atoms with Gasteiger partial charge in [0.2, 0.25) is 5.91 Å². The van der Waals surface area contributed by atoms with Crippen molar-refractivity contribution in [2.24, 2.45) is 0 Å². The number of allylic oxidation sites excluding steroid dienone is 1. The van der Waals surface area contributed by atoms with E-state index in [0.29, 0.717) is 27.7 Å². The molecule has 0 aliphatic carbocycles. The normalized spacial score (nSPS) is 18.6. The number of hydrogen-bond donors (Lipinski definition) is 0. The predicted molar refractivity (Wildman–Crippen MR) is 83.3 cm³/mol. The van der Waals surface area contributed by atoms with E-state index in [1.807, 2.05) is 22.6 Å². The molecule has 111 valence electrons. The molecule has 0 saturated carbocycles. The average molecular weight is 520 g/mol. The number of alkyl halides is 3. The van der Waals surface area contributed by atoms with Crippen LogP contribution in [0.3, 0.4) is 0 Å². The SMILES string of the molecule is O=C1C(I)C[C-]=C(c2ccc(Cl)cc2Cl)N1CC(F)F.[Y]. The molecule has 0 aromatic heterocycles. The number of carbonyl (C=O) groups excluding carboxylic acids is 1. The molecule has 21 heavy (non-hydrogen) atoms. The summed E-state index contributed by atoms with van der Waals surface area (Å²) in [5.41, 5.74) is 0.776. The van der Waals surface area contributed by atoms with Crippen LogP contribution in [0.1, 0.15) is 12.0 Å². The van der Waals surface area contributed by atoms with Gasteiger partial charge < -0.3 is 4.90 Å². The summed E-state index contributed by atoms with van der Waals surface area (Å²) in [7, 11) is 0. The van der Waals surface area contributed by atoms with Crippen LogP contribution in [0.25, 0.3) is 5.70 Å². The monoisotopic (exact) mass is 519 g/mol. The summed E-state index contributed by atoms with van der Waals surface area (Å²) in [6, 6.07) is 4.71. The number of amides is 1. The van der Waals surface area contributed by atoms with E-state index in [0.717, 1.165) is 4.90 Å². The van der Waals surface area contributed by atoms with Crippen molar-refractivity contribution in [3.05, 3.63) is 39.9 Å². The van der Waals surface area contributed by atoms with Crippen LogP contribution in [-0.2, 0) is 37.5 Å². The van der Waals surface area contributed by atoms with Gasteiger partial charge in [0.15, 0.2) is 0 Å². The minimum absolute atomic E-state index is 0. The van der Waals surface area contributed by atoms with Crippen LogP contribution in [0, 0.1) is 6.08 Å². The van der Waals surface area contributed by atoms with Crippen LogP contribution >= 0.6 is 45.8 Å². The van der Waals surface area contributed by atoms with Crippen molar-refractivity contribution in [1.29, 1.82) is 0 Å². The molecule has 0 N–H and O–H groups in total. The van der Waals surface area contributed by atoms with Gasteiger partial charge in [-0.05, 0) is 11.1 Å². The zero-order valence-electron chi connectivity index (χ0n) is 10.6. The van der Waals surface area contributed by atoms with Gasteiger partial charge >= 0.3 is 0 Å². The second kappa shape index (κ2) is 8.53. The molecular weight excluding hydrogens is 511 g/mol. The Labute approximate surface area is 170 Å². The largest absolute Gasteiger partial charge is 0.341 e. The quantitative estimate of drug-likeness (QED) is 0.329. The van der Waals surface area contributed by atoms with Gasteiger partial charge in [0, 0.05) is 37.7 Å². The molecule has 8 heteroatoms. The summed E-state index contributed by atoms with van der Waals surface area (Å²) >= 11 is 13.8. The Morgan fingerprint density at radius 2 is 2.10 bits per heavy atom. The maximum Gasteiger partial charge on any atom is 0.256 e. The van der Waals surface area contributed by atoms with Crippen LogP contribution in [0.4, 0.5) is 8.78 Å². The van der Waals surface area contributed by atoms with Crippen molar-refractivity contribution in [2.75, 3.05) is 6.54 Å². The van der Waals surface area contributed by atoms with Crippen molar-refractivity contribution in [1.82, 2.24) is 4.90 Å². The molecule has 1 aliphatic rings. The Kier molecular flexibility index (Phi) is 8.02. The van der Waals surface area contributed by atoms with Crippen LogP contribution in [0.5, 0.6) is 0 Å². The molecule has 2 rings (SSSR count). The van der Waals surface area contributed by atoms with Gasteiger partial charge in [-0.1, -0.05) is 46.7 Å². The Hall–Kier alpha value is 0.704. The van der Waals surface area contributed by atoms with E-state index in [9.17, 15) is 13.6 Å². The summed E-state index contributed by atoms with van der Waals surface area (Å²) in [6.45, 7) is -0.667. The van der Waals surface area contributed by atoms with Crippen molar-refractivity contribution >= 4 is 57.4 Å². The zero-order valence-corrected chi connectivity index (χ0v) is 17.1. The van der Waals surface area contributed by atoms with Gasteiger partial charge in [-0.3, -0.25) is 4.79 Å². The molecule has 2 nitrogen and oxygen atoms in total. The topological polar surface area (TPSA) is 20.3 Å². The second-order valence-corrected chi connectivity index (χ2v) is 6.51. The first kappa shape index (κ1) is 19.7. The fourth-order valence-electron chi connectivity index (χ4n) is 1.89. The van der Waals surface area contributed by atoms with Crippen LogP contribution in [0.2, 0.25) is 10.0 Å². The van der Waals surface area contributed by atoms with Gasteiger partial charge in [-0.2, -0.15) is 0 Å². The summed E-state index contributed by atoms with van der Waals surface area (Å²) < 4.78 is 25.0. The molecule has 0 saturated heterocycles. The Morgan fingerprint density at radius 3 is 2.67 bits per heavy atom. The minimum atomic E-state index is -2.62. The van der Waals surface area contributed by atoms with Crippen molar-refractivity contribution < 1.29 is 46.3 Å². The van der Waals surface area contributed by atoms with E-state index in [1.54, 1.807) is 12.1 Å². The van der Waals surface area contributed by atoms with Crippen LogP contribution in [-0.4, -0.2) is 27.7 Å². The molecule has 1 heterocycles. The van der Waals surface area contributed by atoms with Crippen molar-refractivity contribution in [2.45, 2.75) is 16.8 Å². The fourth-order valence-corrected chi connectivity index (χ4v) is 2.94. The summed E-state index contributed by atoms with van der Waals surface area (Å²) in [6.07, 6.45) is 0.731. The average Bonchev–Trinajstić information content (AvgIpc) is 2.36. The number of hydrogen-bond acceptors (Lipinski definition) is 1. The predicted octanol–water partition coefficient (Wildman–Crippen LogP) is 4.44. The van der Waals surface area contributed by atoms with E-state index in [2.05, 4.69) is 6.08 Å². The van der Waals surface area contributed by atoms with Gasteiger partial charge in [0.1, 0.15) is 0 Å². The van der Waals surface area contributed by atoms with Crippen molar-refractivity contribution in [3.63, 3.8) is 0 Å². The maximum absolute atomic E-state index is 12.7. The number of nitrogens with zero attached hydrogens (tertiary/aromatic N) is 1. The van der Waals surface area contributed by atoms with Gasteiger partial charge in [-0.15, -0.1) is 28.9 Å². The molecule has 1 aromatic carbocycles. The Bertz CT molecular complexity index is 571. The van der Waals surface area contributed by atoms with Crippen molar-refractivity contribution in [3.8, 4) is 0 Å². The van der Waals surface area contributed by atoms with Gasteiger partial charge in [-0.25, -0.2) is 14.9 Å². The third kappa shape index (κ3) is 4.84. The zero-order chi connectivity index (χ0) is 14.9. The third-order valence-corrected chi connectivity index (χ3v) is 4.28. The van der Waals surface area contributed by atoms with Crippen LogP contribution in [0.15, 0.2) is 18.2 Å². The number of carbonyl (C=O) groups is 1. The van der Waals surface area contributed by atoms with E-state index < -0.39 is 13.0 Å². The van der Waals surface area contributed by atoms with Crippen LogP contribution < -0.4 is 0 Å². The smallest absolute Gasteiger partial charge is 0.256 e. The van der Waals surface area contributed by atoms with E-state index >= 15 is 0 Å². The molecule has 0 fully saturated rings.